The minimum absolute atomic E-state index is 0.0267. The van der Waals surface area contributed by atoms with Crippen LogP contribution in [0.25, 0.3) is 0 Å². The van der Waals surface area contributed by atoms with Crippen molar-refractivity contribution in [3.8, 4) is 0 Å². The Morgan fingerprint density at radius 2 is 1.52 bits per heavy atom. The van der Waals surface area contributed by atoms with Crippen molar-refractivity contribution in [3.63, 3.8) is 0 Å². The molecule has 6 heteroatoms. The van der Waals surface area contributed by atoms with E-state index in [9.17, 15) is 14.7 Å². The van der Waals surface area contributed by atoms with Crippen LogP contribution in [0.4, 0.5) is 0 Å². The quantitative estimate of drug-likeness (QED) is 0.652. The summed E-state index contributed by atoms with van der Waals surface area (Å²) >= 11 is 0. The number of hydrogen-bond donors (Lipinski definition) is 1. The molecule has 4 rings (SSSR count). The third-order valence-corrected chi connectivity index (χ3v) is 4.98. The molecule has 0 atom stereocenters. The summed E-state index contributed by atoms with van der Waals surface area (Å²) in [5, 5.41) is 9.21. The molecular formula is C23H20N2O4. The van der Waals surface area contributed by atoms with Crippen LogP contribution in [0.5, 0.6) is 0 Å². The highest BCUT2D eigenvalue weighted by Crippen LogP contribution is 2.33. The summed E-state index contributed by atoms with van der Waals surface area (Å²) in [6.07, 6.45) is 1.05. The number of esters is 1. The fourth-order valence-electron chi connectivity index (χ4n) is 3.60. The molecule has 1 aromatic heterocycles. The third kappa shape index (κ3) is 4.02. The van der Waals surface area contributed by atoms with Crippen molar-refractivity contribution in [2.24, 2.45) is 0 Å². The number of carboxylic acid groups (broad SMARTS) is 1. The summed E-state index contributed by atoms with van der Waals surface area (Å²) in [5.41, 5.74) is 2.02. The third-order valence-electron chi connectivity index (χ3n) is 4.98. The normalized spacial score (nSPS) is 14.4. The van der Waals surface area contributed by atoms with Gasteiger partial charge in [0.2, 0.25) is 0 Å². The highest BCUT2D eigenvalue weighted by Gasteiger charge is 2.37. The maximum atomic E-state index is 12.4. The summed E-state index contributed by atoms with van der Waals surface area (Å²) in [5.74, 6) is -1.91. The standard InChI is InChI=1S/C23H20N2O4/c26-22(27)20-19(12-7-13-24-20)23(28)29-18-14-25(15-18)21(16-8-3-1-4-9-16)17-10-5-2-6-11-17/h1-13,18,21H,14-15H2,(H,26,27). The number of benzene rings is 2. The van der Waals surface area contributed by atoms with Gasteiger partial charge in [0.25, 0.3) is 0 Å². The molecule has 6 nitrogen and oxygen atoms in total. The summed E-state index contributed by atoms with van der Waals surface area (Å²) in [4.78, 5) is 29.7. The molecule has 1 aliphatic heterocycles. The smallest absolute Gasteiger partial charge is 0.355 e. The Morgan fingerprint density at radius 3 is 2.07 bits per heavy atom. The topological polar surface area (TPSA) is 79.7 Å². The second kappa shape index (κ2) is 8.24. The Kier molecular flexibility index (Phi) is 5.35. The number of aromatic nitrogens is 1. The van der Waals surface area contributed by atoms with E-state index in [2.05, 4.69) is 34.1 Å². The molecule has 0 aliphatic carbocycles. The first-order valence-electron chi connectivity index (χ1n) is 9.36. The molecule has 3 aromatic rings. The lowest BCUT2D eigenvalue weighted by molar-refractivity contribution is -0.0420. The minimum Gasteiger partial charge on any atom is -0.476 e. The van der Waals surface area contributed by atoms with Crippen molar-refractivity contribution in [1.29, 1.82) is 0 Å². The second-order valence-electron chi connectivity index (χ2n) is 6.91. The Hall–Kier alpha value is -3.51. The molecule has 1 aliphatic rings. The average molecular weight is 388 g/mol. The first kappa shape index (κ1) is 18.8. The average Bonchev–Trinajstić information content (AvgIpc) is 2.73. The highest BCUT2D eigenvalue weighted by atomic mass is 16.5. The van der Waals surface area contributed by atoms with E-state index in [4.69, 9.17) is 4.74 Å². The van der Waals surface area contributed by atoms with Crippen molar-refractivity contribution in [2.45, 2.75) is 12.1 Å². The van der Waals surface area contributed by atoms with Crippen molar-refractivity contribution >= 4 is 11.9 Å². The monoisotopic (exact) mass is 388 g/mol. The molecule has 29 heavy (non-hydrogen) atoms. The van der Waals surface area contributed by atoms with E-state index >= 15 is 0 Å². The lowest BCUT2D eigenvalue weighted by Crippen LogP contribution is -2.54. The van der Waals surface area contributed by atoms with E-state index in [1.54, 1.807) is 0 Å². The van der Waals surface area contributed by atoms with E-state index in [0.717, 1.165) is 0 Å². The van der Waals surface area contributed by atoms with Crippen LogP contribution in [0.3, 0.4) is 0 Å². The molecule has 1 fully saturated rings. The van der Waals surface area contributed by atoms with Gasteiger partial charge in [-0.25, -0.2) is 14.6 Å². The van der Waals surface area contributed by atoms with Gasteiger partial charge in [0.15, 0.2) is 5.69 Å². The predicted molar refractivity (Wildman–Crippen MR) is 107 cm³/mol. The van der Waals surface area contributed by atoms with Gasteiger partial charge in [-0.05, 0) is 23.3 Å². The number of rotatable bonds is 6. The summed E-state index contributed by atoms with van der Waals surface area (Å²) in [7, 11) is 0. The molecular weight excluding hydrogens is 368 g/mol. The molecule has 0 amide bonds. The number of aromatic carboxylic acids is 1. The number of hydrogen-bond acceptors (Lipinski definition) is 5. The largest absolute Gasteiger partial charge is 0.476 e. The minimum atomic E-state index is -1.25. The molecule has 0 radical (unpaired) electrons. The molecule has 1 saturated heterocycles. The Labute approximate surface area is 168 Å². The Balaban J connectivity index is 1.47. The molecule has 0 unspecified atom stereocenters. The molecule has 1 N–H and O–H groups in total. The van der Waals surface area contributed by atoms with Crippen LogP contribution in [0.2, 0.25) is 0 Å². The van der Waals surface area contributed by atoms with Gasteiger partial charge in [0.05, 0.1) is 11.6 Å². The predicted octanol–water partition coefficient (Wildman–Crippen LogP) is 3.41. The number of nitrogens with zero attached hydrogens (tertiary/aromatic N) is 2. The zero-order valence-corrected chi connectivity index (χ0v) is 15.6. The van der Waals surface area contributed by atoms with Gasteiger partial charge in [-0.2, -0.15) is 0 Å². The van der Waals surface area contributed by atoms with Gasteiger partial charge in [-0.3, -0.25) is 4.90 Å². The van der Waals surface area contributed by atoms with Crippen LogP contribution >= 0.6 is 0 Å². The Bertz CT molecular complexity index is 962. The SMILES string of the molecule is O=C(OC1CN(C(c2ccccc2)c2ccccc2)C1)c1cccnc1C(=O)O. The fourth-order valence-corrected chi connectivity index (χ4v) is 3.60. The van der Waals surface area contributed by atoms with Crippen LogP contribution in [0.1, 0.15) is 38.0 Å². The molecule has 2 aromatic carbocycles. The van der Waals surface area contributed by atoms with Crippen LogP contribution < -0.4 is 0 Å². The van der Waals surface area contributed by atoms with Gasteiger partial charge in [0.1, 0.15) is 6.10 Å². The molecule has 2 heterocycles. The highest BCUT2D eigenvalue weighted by molar-refractivity contribution is 6.01. The van der Waals surface area contributed by atoms with E-state index in [0.29, 0.717) is 13.1 Å². The van der Waals surface area contributed by atoms with E-state index in [-0.39, 0.29) is 23.4 Å². The lowest BCUT2D eigenvalue weighted by atomic mass is 9.94. The zero-order chi connectivity index (χ0) is 20.2. The molecule has 0 spiro atoms. The fraction of sp³-hybridized carbons (Fsp3) is 0.174. The van der Waals surface area contributed by atoms with Gasteiger partial charge in [0, 0.05) is 19.3 Å². The molecule has 0 saturated carbocycles. The van der Waals surface area contributed by atoms with Gasteiger partial charge >= 0.3 is 11.9 Å². The first-order chi connectivity index (χ1) is 14.1. The zero-order valence-electron chi connectivity index (χ0n) is 15.6. The Morgan fingerprint density at radius 1 is 0.931 bits per heavy atom. The van der Waals surface area contributed by atoms with Crippen molar-refractivity contribution < 1.29 is 19.4 Å². The van der Waals surface area contributed by atoms with Crippen LogP contribution in [-0.2, 0) is 4.74 Å². The number of carbonyl (C=O) groups is 2. The number of pyridine rings is 1. The van der Waals surface area contributed by atoms with Crippen LogP contribution in [0.15, 0.2) is 79.0 Å². The summed E-state index contributed by atoms with van der Waals surface area (Å²) in [6, 6.07) is 23.4. The van der Waals surface area contributed by atoms with Crippen molar-refractivity contribution in [1.82, 2.24) is 9.88 Å². The second-order valence-corrected chi connectivity index (χ2v) is 6.91. The van der Waals surface area contributed by atoms with Gasteiger partial charge < -0.3 is 9.84 Å². The van der Waals surface area contributed by atoms with E-state index in [1.165, 1.54) is 29.5 Å². The van der Waals surface area contributed by atoms with Crippen molar-refractivity contribution in [3.05, 3.63) is 101 Å². The number of likely N-dealkylation sites (tertiary alicyclic amines) is 1. The van der Waals surface area contributed by atoms with E-state index < -0.39 is 11.9 Å². The number of carboxylic acids is 1. The van der Waals surface area contributed by atoms with Crippen molar-refractivity contribution in [2.75, 3.05) is 13.1 Å². The van der Waals surface area contributed by atoms with Crippen LogP contribution in [0, 0.1) is 0 Å². The number of ether oxygens (including phenoxy) is 1. The lowest BCUT2D eigenvalue weighted by Gasteiger charge is -2.44. The van der Waals surface area contributed by atoms with Crippen LogP contribution in [-0.4, -0.2) is 46.1 Å². The van der Waals surface area contributed by atoms with Gasteiger partial charge in [-0.1, -0.05) is 60.7 Å². The first-order valence-corrected chi connectivity index (χ1v) is 9.36. The maximum Gasteiger partial charge on any atom is 0.355 e. The van der Waals surface area contributed by atoms with E-state index in [1.807, 2.05) is 36.4 Å². The molecule has 0 bridgehead atoms. The molecule has 146 valence electrons. The summed E-state index contributed by atoms with van der Waals surface area (Å²) < 4.78 is 5.53. The summed E-state index contributed by atoms with van der Waals surface area (Å²) in [6.45, 7) is 1.14. The number of carbonyl (C=O) groups excluding carboxylic acids is 1. The maximum absolute atomic E-state index is 12.4. The van der Waals surface area contributed by atoms with Gasteiger partial charge in [-0.15, -0.1) is 0 Å².